The van der Waals surface area contributed by atoms with Crippen molar-refractivity contribution in [2.24, 2.45) is 5.73 Å². The standard InChI is InChI=1S/C8H8N2O3S/c1-13-8(12)5-4-14-7(10-5)3-2-6(9)11/h2-4H,1H3,(H2,9,11). The van der Waals surface area contributed by atoms with Crippen LogP contribution in [0.3, 0.4) is 0 Å². The van der Waals surface area contributed by atoms with E-state index >= 15 is 0 Å². The first-order valence-electron chi connectivity index (χ1n) is 3.65. The quantitative estimate of drug-likeness (QED) is 0.581. The number of esters is 1. The van der Waals surface area contributed by atoms with E-state index in [-0.39, 0.29) is 5.69 Å². The lowest BCUT2D eigenvalue weighted by molar-refractivity contribution is -0.113. The second kappa shape index (κ2) is 4.52. The van der Waals surface area contributed by atoms with Gasteiger partial charge in [0, 0.05) is 11.5 Å². The molecule has 0 saturated carbocycles. The van der Waals surface area contributed by atoms with Crippen LogP contribution in [0.25, 0.3) is 6.08 Å². The second-order valence-electron chi connectivity index (χ2n) is 2.30. The Bertz CT molecular complexity index is 384. The largest absolute Gasteiger partial charge is 0.464 e. The number of rotatable bonds is 3. The molecule has 0 aliphatic carbocycles. The van der Waals surface area contributed by atoms with Gasteiger partial charge in [0.15, 0.2) is 5.69 Å². The smallest absolute Gasteiger partial charge is 0.357 e. The summed E-state index contributed by atoms with van der Waals surface area (Å²) in [5, 5.41) is 2.08. The lowest BCUT2D eigenvalue weighted by atomic mass is 10.4. The van der Waals surface area contributed by atoms with Crippen LogP contribution in [0, 0.1) is 0 Å². The van der Waals surface area contributed by atoms with Crippen LogP contribution in [-0.2, 0) is 9.53 Å². The van der Waals surface area contributed by atoms with Gasteiger partial charge in [0.25, 0.3) is 0 Å². The molecule has 1 aromatic rings. The molecular formula is C8H8N2O3S. The zero-order chi connectivity index (χ0) is 10.6. The number of carbonyl (C=O) groups is 2. The predicted octanol–water partition coefficient (Wildman–Crippen LogP) is 0.428. The maximum Gasteiger partial charge on any atom is 0.357 e. The van der Waals surface area contributed by atoms with Gasteiger partial charge in [-0.3, -0.25) is 4.79 Å². The maximum atomic E-state index is 11.0. The van der Waals surface area contributed by atoms with Crippen LogP contribution < -0.4 is 5.73 Å². The lowest BCUT2D eigenvalue weighted by Gasteiger charge is -1.90. The van der Waals surface area contributed by atoms with Crippen molar-refractivity contribution in [2.45, 2.75) is 0 Å². The number of primary amides is 1. The van der Waals surface area contributed by atoms with Crippen LogP contribution >= 0.6 is 11.3 Å². The van der Waals surface area contributed by atoms with Crippen molar-refractivity contribution in [3.63, 3.8) is 0 Å². The van der Waals surface area contributed by atoms with Gasteiger partial charge in [0.1, 0.15) is 5.01 Å². The van der Waals surface area contributed by atoms with Gasteiger partial charge in [-0.2, -0.15) is 0 Å². The number of aromatic nitrogens is 1. The minimum atomic E-state index is -0.556. The number of carbonyl (C=O) groups excluding carboxylic acids is 2. The fourth-order valence-electron chi connectivity index (χ4n) is 0.716. The monoisotopic (exact) mass is 212 g/mol. The van der Waals surface area contributed by atoms with Crippen LogP contribution in [0.15, 0.2) is 11.5 Å². The highest BCUT2D eigenvalue weighted by Gasteiger charge is 2.08. The summed E-state index contributed by atoms with van der Waals surface area (Å²) in [6, 6.07) is 0. The third-order valence-electron chi connectivity index (χ3n) is 1.31. The Morgan fingerprint density at radius 2 is 2.36 bits per heavy atom. The second-order valence-corrected chi connectivity index (χ2v) is 3.19. The van der Waals surface area contributed by atoms with Gasteiger partial charge in [0.2, 0.25) is 5.91 Å². The Hall–Kier alpha value is -1.69. The van der Waals surface area contributed by atoms with Gasteiger partial charge < -0.3 is 10.5 Å². The number of methoxy groups -OCH3 is 1. The Morgan fingerprint density at radius 3 is 2.93 bits per heavy atom. The summed E-state index contributed by atoms with van der Waals surface area (Å²) in [6.07, 6.45) is 2.62. The maximum absolute atomic E-state index is 11.0. The minimum Gasteiger partial charge on any atom is -0.464 e. The molecule has 6 heteroatoms. The molecule has 0 bridgehead atoms. The number of hydrogen-bond donors (Lipinski definition) is 1. The van der Waals surface area contributed by atoms with Crippen molar-refractivity contribution in [3.05, 3.63) is 22.2 Å². The molecule has 1 rings (SSSR count). The lowest BCUT2D eigenvalue weighted by Crippen LogP contribution is -2.05. The number of nitrogens with zero attached hydrogens (tertiary/aromatic N) is 1. The average Bonchev–Trinajstić information content (AvgIpc) is 2.62. The molecule has 14 heavy (non-hydrogen) atoms. The van der Waals surface area contributed by atoms with Gasteiger partial charge in [-0.05, 0) is 6.08 Å². The third kappa shape index (κ3) is 2.67. The number of thiazole rings is 1. The minimum absolute atomic E-state index is 0.224. The van der Waals surface area contributed by atoms with Gasteiger partial charge in [-0.25, -0.2) is 9.78 Å². The molecule has 0 aliphatic rings. The molecule has 0 radical (unpaired) electrons. The highest BCUT2D eigenvalue weighted by atomic mass is 32.1. The molecule has 2 N–H and O–H groups in total. The highest BCUT2D eigenvalue weighted by Crippen LogP contribution is 2.11. The van der Waals surface area contributed by atoms with Crippen molar-refractivity contribution >= 4 is 29.3 Å². The van der Waals surface area contributed by atoms with Crippen LogP contribution in [-0.4, -0.2) is 24.0 Å². The summed E-state index contributed by atoms with van der Waals surface area (Å²) in [5.74, 6) is -1.06. The molecule has 1 aromatic heterocycles. The Balaban J connectivity index is 2.78. The molecule has 5 nitrogen and oxygen atoms in total. The number of ether oxygens (including phenoxy) is 1. The molecule has 74 valence electrons. The highest BCUT2D eigenvalue weighted by molar-refractivity contribution is 7.10. The van der Waals surface area contributed by atoms with E-state index in [9.17, 15) is 9.59 Å². The molecule has 0 aromatic carbocycles. The summed E-state index contributed by atoms with van der Waals surface area (Å²) in [7, 11) is 1.28. The molecule has 1 heterocycles. The first kappa shape index (κ1) is 10.4. The van der Waals surface area contributed by atoms with E-state index < -0.39 is 11.9 Å². The Labute approximate surface area is 84.2 Å². The zero-order valence-electron chi connectivity index (χ0n) is 7.39. The topological polar surface area (TPSA) is 82.3 Å². The molecular weight excluding hydrogens is 204 g/mol. The molecule has 0 aliphatic heterocycles. The fraction of sp³-hybridized carbons (Fsp3) is 0.125. The summed E-state index contributed by atoms with van der Waals surface area (Å²) < 4.78 is 4.46. The van der Waals surface area contributed by atoms with Crippen molar-refractivity contribution in [1.82, 2.24) is 4.98 Å². The molecule has 0 spiro atoms. The molecule has 1 amide bonds. The Kier molecular flexibility index (Phi) is 3.35. The number of nitrogens with two attached hydrogens (primary N) is 1. The third-order valence-corrected chi connectivity index (χ3v) is 2.12. The van der Waals surface area contributed by atoms with Crippen molar-refractivity contribution in [3.8, 4) is 0 Å². The van der Waals surface area contributed by atoms with Crippen LogP contribution in [0.4, 0.5) is 0 Å². The molecule has 0 saturated heterocycles. The SMILES string of the molecule is COC(=O)c1csc(C=CC(N)=O)n1. The number of hydrogen-bond acceptors (Lipinski definition) is 5. The van der Waals surface area contributed by atoms with E-state index in [2.05, 4.69) is 9.72 Å². The van der Waals surface area contributed by atoms with Crippen LogP contribution in [0.5, 0.6) is 0 Å². The summed E-state index contributed by atoms with van der Waals surface area (Å²) >= 11 is 1.23. The molecule has 0 fully saturated rings. The first-order valence-corrected chi connectivity index (χ1v) is 4.53. The van der Waals surface area contributed by atoms with Crippen molar-refractivity contribution < 1.29 is 14.3 Å². The molecule has 0 atom stereocenters. The Morgan fingerprint density at radius 1 is 1.64 bits per heavy atom. The fourth-order valence-corrected chi connectivity index (χ4v) is 1.39. The first-order chi connectivity index (χ1) is 6.63. The normalized spacial score (nSPS) is 10.4. The van der Waals surface area contributed by atoms with Gasteiger partial charge >= 0.3 is 5.97 Å². The van der Waals surface area contributed by atoms with Crippen LogP contribution in [0.1, 0.15) is 15.5 Å². The summed E-state index contributed by atoms with van der Waals surface area (Å²) in [4.78, 5) is 25.3. The van der Waals surface area contributed by atoms with E-state index in [0.717, 1.165) is 0 Å². The van der Waals surface area contributed by atoms with Gasteiger partial charge in [0.05, 0.1) is 7.11 Å². The van der Waals surface area contributed by atoms with E-state index in [4.69, 9.17) is 5.73 Å². The zero-order valence-corrected chi connectivity index (χ0v) is 8.21. The molecule has 0 unspecified atom stereocenters. The van der Waals surface area contributed by atoms with Crippen LogP contribution in [0.2, 0.25) is 0 Å². The van der Waals surface area contributed by atoms with Gasteiger partial charge in [-0.15, -0.1) is 11.3 Å². The van der Waals surface area contributed by atoms with E-state index in [0.29, 0.717) is 5.01 Å². The van der Waals surface area contributed by atoms with Crippen molar-refractivity contribution in [2.75, 3.05) is 7.11 Å². The van der Waals surface area contributed by atoms with E-state index in [1.165, 1.54) is 30.6 Å². The summed E-state index contributed by atoms with van der Waals surface area (Å²) in [6.45, 7) is 0. The average molecular weight is 212 g/mol. The van der Waals surface area contributed by atoms with E-state index in [1.54, 1.807) is 5.38 Å². The number of amides is 1. The van der Waals surface area contributed by atoms with Gasteiger partial charge in [-0.1, -0.05) is 0 Å². The summed E-state index contributed by atoms with van der Waals surface area (Å²) in [5.41, 5.74) is 5.12. The van der Waals surface area contributed by atoms with E-state index in [1.807, 2.05) is 0 Å². The predicted molar refractivity (Wildman–Crippen MR) is 51.7 cm³/mol. The van der Waals surface area contributed by atoms with Crippen molar-refractivity contribution in [1.29, 1.82) is 0 Å².